The van der Waals surface area contributed by atoms with Crippen LogP contribution in [0, 0.1) is 6.92 Å². The number of hydrogen-bond acceptors (Lipinski definition) is 7. The quantitative estimate of drug-likeness (QED) is 0.321. The van der Waals surface area contributed by atoms with E-state index >= 15 is 0 Å². The molecule has 2 aromatic rings. The lowest BCUT2D eigenvalue weighted by molar-refractivity contribution is 0.0526. The largest absolute Gasteiger partial charge is 0.491 e. The van der Waals surface area contributed by atoms with E-state index in [9.17, 15) is 13.2 Å². The number of benzene rings is 2. The minimum absolute atomic E-state index is 0.0789. The molecule has 7 nitrogen and oxygen atoms in total. The predicted molar refractivity (Wildman–Crippen MR) is 103 cm³/mol. The Morgan fingerprint density at radius 2 is 1.54 bits per heavy atom. The summed E-state index contributed by atoms with van der Waals surface area (Å²) in [5, 5.41) is 0. The van der Waals surface area contributed by atoms with E-state index in [4.69, 9.17) is 18.4 Å². The van der Waals surface area contributed by atoms with Crippen LogP contribution >= 0.6 is 0 Å². The number of esters is 1. The van der Waals surface area contributed by atoms with Gasteiger partial charge < -0.3 is 14.2 Å². The molecule has 0 aliphatic carbocycles. The van der Waals surface area contributed by atoms with Crippen molar-refractivity contribution in [3.63, 3.8) is 0 Å². The maximum absolute atomic E-state index is 12.0. The molecule has 0 N–H and O–H groups in total. The van der Waals surface area contributed by atoms with E-state index in [0.717, 1.165) is 5.56 Å². The third-order valence-corrected chi connectivity index (χ3v) is 4.96. The zero-order valence-corrected chi connectivity index (χ0v) is 16.7. The lowest BCUT2D eigenvalue weighted by atomic mass is 10.2. The van der Waals surface area contributed by atoms with Crippen LogP contribution in [0.5, 0.6) is 5.75 Å². The van der Waals surface area contributed by atoms with E-state index in [2.05, 4.69) is 0 Å². The summed E-state index contributed by atoms with van der Waals surface area (Å²) in [5.74, 6) is 0.216. The molecule has 0 heterocycles. The number of aryl methyl sites for hydroxylation is 1. The maximum Gasteiger partial charge on any atom is 0.338 e. The Balaban J connectivity index is 1.63. The van der Waals surface area contributed by atoms with E-state index in [1.807, 2.05) is 6.92 Å². The summed E-state index contributed by atoms with van der Waals surface area (Å²) in [5.41, 5.74) is 1.43. The Hall–Kier alpha value is -2.42. The van der Waals surface area contributed by atoms with Crippen molar-refractivity contribution in [3.05, 3.63) is 59.7 Å². The monoisotopic (exact) mass is 408 g/mol. The molecule has 152 valence electrons. The Morgan fingerprint density at radius 3 is 2.18 bits per heavy atom. The Bertz CT molecular complexity index is 843. The van der Waals surface area contributed by atoms with Crippen LogP contribution in [0.1, 0.15) is 22.8 Å². The number of rotatable bonds is 11. The highest BCUT2D eigenvalue weighted by atomic mass is 32.2. The Labute approximate surface area is 165 Å². The lowest BCUT2D eigenvalue weighted by Gasteiger charge is -2.09. The third kappa shape index (κ3) is 6.95. The smallest absolute Gasteiger partial charge is 0.338 e. The second-order valence-electron chi connectivity index (χ2n) is 5.79. The van der Waals surface area contributed by atoms with Gasteiger partial charge in [-0.1, -0.05) is 17.7 Å². The van der Waals surface area contributed by atoms with Crippen LogP contribution in [0.4, 0.5) is 0 Å². The molecule has 0 atom stereocenters. The SMILES string of the molecule is CCOC(=O)c1ccc(OCCOCCOS(=O)(=O)c2ccc(C)cc2)cc1. The van der Waals surface area contributed by atoms with Gasteiger partial charge in [0.1, 0.15) is 12.4 Å². The van der Waals surface area contributed by atoms with Crippen LogP contribution in [0.15, 0.2) is 53.4 Å². The molecule has 2 rings (SSSR count). The Kier molecular flexibility index (Phi) is 8.43. The molecule has 0 fully saturated rings. The minimum Gasteiger partial charge on any atom is -0.491 e. The first-order chi connectivity index (χ1) is 13.4. The number of ether oxygens (including phenoxy) is 3. The van der Waals surface area contributed by atoms with Gasteiger partial charge in [-0.25, -0.2) is 4.79 Å². The molecule has 0 unspecified atom stereocenters. The van der Waals surface area contributed by atoms with Crippen LogP contribution in [-0.4, -0.2) is 47.4 Å². The fourth-order valence-electron chi connectivity index (χ4n) is 2.20. The van der Waals surface area contributed by atoms with Crippen LogP contribution in [0.2, 0.25) is 0 Å². The van der Waals surface area contributed by atoms with Crippen LogP contribution < -0.4 is 4.74 Å². The van der Waals surface area contributed by atoms with Gasteiger partial charge in [-0.05, 0) is 50.2 Å². The summed E-state index contributed by atoms with van der Waals surface area (Å²) in [7, 11) is -3.78. The van der Waals surface area contributed by atoms with E-state index in [1.54, 1.807) is 43.3 Å². The molecule has 0 saturated carbocycles. The molecule has 0 aliphatic heterocycles. The number of hydrogen-bond donors (Lipinski definition) is 0. The Morgan fingerprint density at radius 1 is 0.893 bits per heavy atom. The van der Waals surface area contributed by atoms with Gasteiger partial charge in [-0.15, -0.1) is 0 Å². The second-order valence-corrected chi connectivity index (χ2v) is 7.41. The lowest BCUT2D eigenvalue weighted by Crippen LogP contribution is -2.14. The van der Waals surface area contributed by atoms with Gasteiger partial charge in [0.25, 0.3) is 10.1 Å². The molecule has 0 bridgehead atoms. The normalized spacial score (nSPS) is 11.2. The van der Waals surface area contributed by atoms with Gasteiger partial charge in [0.2, 0.25) is 0 Å². The second kappa shape index (κ2) is 10.8. The van der Waals surface area contributed by atoms with Crippen molar-refractivity contribution >= 4 is 16.1 Å². The zero-order valence-electron chi connectivity index (χ0n) is 15.9. The summed E-state index contributed by atoms with van der Waals surface area (Å²) in [6, 6.07) is 13.0. The van der Waals surface area contributed by atoms with Crippen molar-refractivity contribution < 1.29 is 31.6 Å². The highest BCUT2D eigenvalue weighted by molar-refractivity contribution is 7.86. The molecule has 8 heteroatoms. The zero-order chi connectivity index (χ0) is 20.4. The highest BCUT2D eigenvalue weighted by Gasteiger charge is 2.14. The highest BCUT2D eigenvalue weighted by Crippen LogP contribution is 2.14. The fourth-order valence-corrected chi connectivity index (χ4v) is 3.09. The van der Waals surface area contributed by atoms with Crippen LogP contribution in [0.3, 0.4) is 0 Å². The topological polar surface area (TPSA) is 88.1 Å². The minimum atomic E-state index is -3.78. The van der Waals surface area contributed by atoms with Crippen molar-refractivity contribution in [2.24, 2.45) is 0 Å². The molecule has 0 aliphatic rings. The van der Waals surface area contributed by atoms with Gasteiger partial charge in [0.05, 0.1) is 36.9 Å². The molecule has 0 radical (unpaired) electrons. The molecule has 2 aromatic carbocycles. The molecular weight excluding hydrogens is 384 g/mol. The van der Waals surface area contributed by atoms with Gasteiger partial charge in [0, 0.05) is 0 Å². The molecule has 0 spiro atoms. The van der Waals surface area contributed by atoms with Crippen LogP contribution in [0.25, 0.3) is 0 Å². The standard InChI is InChI=1S/C20H24O7S/c1-3-25-20(21)17-6-8-18(9-7-17)26-14-12-24-13-15-27-28(22,23)19-10-4-16(2)5-11-19/h4-11H,3,12-15H2,1-2H3. The average Bonchev–Trinajstić information content (AvgIpc) is 2.68. The molecule has 0 saturated heterocycles. The average molecular weight is 408 g/mol. The predicted octanol–water partition coefficient (Wildman–Crippen LogP) is 2.97. The van der Waals surface area contributed by atoms with E-state index in [1.165, 1.54) is 12.1 Å². The summed E-state index contributed by atoms with van der Waals surface area (Å²) in [6.07, 6.45) is 0. The van der Waals surface area contributed by atoms with Crippen molar-refractivity contribution in [3.8, 4) is 5.75 Å². The summed E-state index contributed by atoms with van der Waals surface area (Å²) < 4.78 is 44.6. The third-order valence-electron chi connectivity index (χ3n) is 3.64. The molecular formula is C20H24O7S. The first kappa shape index (κ1) is 21.9. The molecule has 28 heavy (non-hydrogen) atoms. The van der Waals surface area contributed by atoms with E-state index in [0.29, 0.717) is 17.9 Å². The van der Waals surface area contributed by atoms with Gasteiger partial charge in [0.15, 0.2) is 0 Å². The first-order valence-corrected chi connectivity index (χ1v) is 10.3. The summed E-state index contributed by atoms with van der Waals surface area (Å²) >= 11 is 0. The first-order valence-electron chi connectivity index (χ1n) is 8.86. The van der Waals surface area contributed by atoms with Crippen molar-refractivity contribution in [1.29, 1.82) is 0 Å². The molecule has 0 aromatic heterocycles. The van der Waals surface area contributed by atoms with Gasteiger partial charge >= 0.3 is 5.97 Å². The maximum atomic E-state index is 12.0. The number of carbonyl (C=O) groups excluding carboxylic acids is 1. The number of carbonyl (C=O) groups is 1. The van der Waals surface area contributed by atoms with Gasteiger partial charge in [-0.2, -0.15) is 8.42 Å². The molecule has 0 amide bonds. The summed E-state index contributed by atoms with van der Waals surface area (Å²) in [6.45, 7) is 4.54. The van der Waals surface area contributed by atoms with Crippen LogP contribution in [-0.2, 0) is 23.8 Å². The van der Waals surface area contributed by atoms with E-state index in [-0.39, 0.29) is 37.3 Å². The van der Waals surface area contributed by atoms with Crippen molar-refractivity contribution in [2.45, 2.75) is 18.7 Å². The fraction of sp³-hybridized carbons (Fsp3) is 0.350. The van der Waals surface area contributed by atoms with Crippen molar-refractivity contribution in [2.75, 3.05) is 33.0 Å². The summed E-state index contributed by atoms with van der Waals surface area (Å²) in [4.78, 5) is 11.7. The van der Waals surface area contributed by atoms with Crippen molar-refractivity contribution in [1.82, 2.24) is 0 Å². The van der Waals surface area contributed by atoms with E-state index < -0.39 is 10.1 Å². The van der Waals surface area contributed by atoms with Gasteiger partial charge in [-0.3, -0.25) is 4.18 Å².